The van der Waals surface area contributed by atoms with Crippen LogP contribution in [0.3, 0.4) is 0 Å². The highest BCUT2D eigenvalue weighted by atomic mass is 32.1. The molecular weight excluding hydrogens is 234 g/mol. The van der Waals surface area contributed by atoms with Crippen LogP contribution in [0.4, 0.5) is 10.8 Å². The lowest BCUT2D eigenvalue weighted by molar-refractivity contribution is -0.116. The predicted molar refractivity (Wildman–Crippen MR) is 72.3 cm³/mol. The number of fused-ring (bicyclic) bond motifs is 1. The number of nitrogens with two attached hydrogens (primary N) is 1. The molecule has 90 valence electrons. The number of nitrogens with zero attached hydrogens (tertiary/aromatic N) is 1. The number of nitrogen functional groups attached to an aromatic ring is 1. The molecule has 0 spiro atoms. The number of nitrogens with one attached hydrogen (secondary N) is 1. The Morgan fingerprint density at radius 3 is 3.00 bits per heavy atom. The zero-order valence-corrected chi connectivity index (χ0v) is 10.7. The van der Waals surface area contributed by atoms with Gasteiger partial charge in [-0.1, -0.05) is 18.3 Å². The van der Waals surface area contributed by atoms with Gasteiger partial charge in [0.05, 0.1) is 10.2 Å². The van der Waals surface area contributed by atoms with Crippen molar-refractivity contribution in [3.8, 4) is 0 Å². The highest BCUT2D eigenvalue weighted by molar-refractivity contribution is 7.22. The molecule has 0 aliphatic heterocycles. The van der Waals surface area contributed by atoms with E-state index in [9.17, 15) is 4.79 Å². The van der Waals surface area contributed by atoms with E-state index in [0.717, 1.165) is 27.9 Å². The van der Waals surface area contributed by atoms with Crippen molar-refractivity contribution in [1.82, 2.24) is 4.98 Å². The second kappa shape index (κ2) is 4.71. The summed E-state index contributed by atoms with van der Waals surface area (Å²) in [4.78, 5) is 15.8. The summed E-state index contributed by atoms with van der Waals surface area (Å²) in [5.41, 5.74) is 8.44. The number of aromatic nitrogens is 1. The third kappa shape index (κ3) is 2.55. The van der Waals surface area contributed by atoms with E-state index in [1.807, 2.05) is 26.0 Å². The van der Waals surface area contributed by atoms with Gasteiger partial charge >= 0.3 is 0 Å². The molecule has 1 aromatic carbocycles. The van der Waals surface area contributed by atoms with Crippen molar-refractivity contribution in [3.05, 3.63) is 17.7 Å². The van der Waals surface area contributed by atoms with Crippen LogP contribution in [-0.4, -0.2) is 10.9 Å². The average molecular weight is 249 g/mol. The lowest BCUT2D eigenvalue weighted by Crippen LogP contribution is -2.10. The van der Waals surface area contributed by atoms with Gasteiger partial charge in [-0.2, -0.15) is 0 Å². The molecule has 0 unspecified atom stereocenters. The SMILES string of the molecule is CCCC(=O)Nc1cc(C)c2nc(N)sc2c1. The van der Waals surface area contributed by atoms with Gasteiger partial charge in [0.15, 0.2) is 5.13 Å². The molecule has 2 rings (SSSR count). The van der Waals surface area contributed by atoms with Gasteiger partial charge in [-0.15, -0.1) is 0 Å². The minimum Gasteiger partial charge on any atom is -0.375 e. The molecule has 17 heavy (non-hydrogen) atoms. The number of hydrogen-bond acceptors (Lipinski definition) is 4. The molecule has 1 amide bonds. The van der Waals surface area contributed by atoms with Crippen LogP contribution in [0.15, 0.2) is 12.1 Å². The Morgan fingerprint density at radius 1 is 1.53 bits per heavy atom. The number of amides is 1. The van der Waals surface area contributed by atoms with Crippen molar-refractivity contribution in [3.63, 3.8) is 0 Å². The van der Waals surface area contributed by atoms with Crippen LogP contribution >= 0.6 is 11.3 Å². The van der Waals surface area contributed by atoms with Gasteiger partial charge < -0.3 is 11.1 Å². The molecule has 0 radical (unpaired) electrons. The molecule has 1 heterocycles. The monoisotopic (exact) mass is 249 g/mol. The standard InChI is InChI=1S/C12H15N3OS/c1-3-4-10(16)14-8-5-7(2)11-9(6-8)17-12(13)15-11/h5-6H,3-4H2,1-2H3,(H2,13,15)(H,14,16). The third-order valence-electron chi connectivity index (χ3n) is 2.46. The summed E-state index contributed by atoms with van der Waals surface area (Å²) in [5, 5.41) is 3.44. The first-order valence-corrected chi connectivity index (χ1v) is 6.38. The summed E-state index contributed by atoms with van der Waals surface area (Å²) < 4.78 is 1.01. The normalized spacial score (nSPS) is 10.7. The van der Waals surface area contributed by atoms with E-state index in [0.29, 0.717) is 11.6 Å². The molecule has 0 bridgehead atoms. The summed E-state index contributed by atoms with van der Waals surface area (Å²) in [6.07, 6.45) is 1.39. The molecule has 0 saturated heterocycles. The van der Waals surface area contributed by atoms with Crippen LogP contribution in [0.5, 0.6) is 0 Å². The molecule has 4 nitrogen and oxygen atoms in total. The first kappa shape index (κ1) is 11.9. The van der Waals surface area contributed by atoms with Crippen LogP contribution in [-0.2, 0) is 4.79 Å². The van der Waals surface area contributed by atoms with Gasteiger partial charge in [-0.3, -0.25) is 4.79 Å². The average Bonchev–Trinajstić information content (AvgIpc) is 2.59. The number of carbonyl (C=O) groups excluding carboxylic acids is 1. The van der Waals surface area contributed by atoms with E-state index in [-0.39, 0.29) is 5.91 Å². The molecule has 0 fully saturated rings. The first-order chi connectivity index (χ1) is 8.10. The van der Waals surface area contributed by atoms with E-state index < -0.39 is 0 Å². The number of rotatable bonds is 3. The Bertz CT molecular complexity index is 562. The van der Waals surface area contributed by atoms with Crippen molar-refractivity contribution < 1.29 is 4.79 Å². The van der Waals surface area contributed by atoms with Gasteiger partial charge in [-0.25, -0.2) is 4.98 Å². The third-order valence-corrected chi connectivity index (χ3v) is 3.29. The van der Waals surface area contributed by atoms with Crippen molar-refractivity contribution in [2.45, 2.75) is 26.7 Å². The highest BCUT2D eigenvalue weighted by Crippen LogP contribution is 2.29. The lowest BCUT2D eigenvalue weighted by atomic mass is 10.2. The fraction of sp³-hybridized carbons (Fsp3) is 0.333. The number of hydrogen-bond donors (Lipinski definition) is 2. The largest absolute Gasteiger partial charge is 0.375 e. The fourth-order valence-electron chi connectivity index (χ4n) is 1.74. The zero-order valence-electron chi connectivity index (χ0n) is 9.91. The van der Waals surface area contributed by atoms with Crippen molar-refractivity contribution in [2.75, 3.05) is 11.1 Å². The molecule has 1 aromatic heterocycles. The number of carbonyl (C=O) groups is 1. The minimum atomic E-state index is 0.0451. The summed E-state index contributed by atoms with van der Waals surface area (Å²) in [7, 11) is 0. The highest BCUT2D eigenvalue weighted by Gasteiger charge is 2.08. The molecule has 0 saturated carbocycles. The first-order valence-electron chi connectivity index (χ1n) is 5.56. The van der Waals surface area contributed by atoms with Crippen molar-refractivity contribution in [1.29, 1.82) is 0 Å². The second-order valence-electron chi connectivity index (χ2n) is 3.99. The Hall–Kier alpha value is -1.62. The predicted octanol–water partition coefficient (Wildman–Crippen LogP) is 2.93. The Labute approximate surface area is 104 Å². The van der Waals surface area contributed by atoms with Crippen molar-refractivity contribution in [2.24, 2.45) is 0 Å². The molecule has 0 aliphatic carbocycles. The van der Waals surface area contributed by atoms with Crippen LogP contribution in [0.2, 0.25) is 0 Å². The van der Waals surface area contributed by atoms with E-state index in [4.69, 9.17) is 5.73 Å². The molecular formula is C12H15N3OS. The number of aryl methyl sites for hydroxylation is 1. The Kier molecular flexibility index (Phi) is 3.28. The van der Waals surface area contributed by atoms with Crippen LogP contribution in [0.1, 0.15) is 25.3 Å². The quantitative estimate of drug-likeness (QED) is 0.878. The molecule has 0 atom stereocenters. The Balaban J connectivity index is 2.33. The summed E-state index contributed by atoms with van der Waals surface area (Å²) >= 11 is 1.44. The van der Waals surface area contributed by atoms with E-state index in [2.05, 4.69) is 10.3 Å². The molecule has 2 aromatic rings. The van der Waals surface area contributed by atoms with Crippen LogP contribution in [0, 0.1) is 6.92 Å². The zero-order chi connectivity index (χ0) is 12.4. The molecule has 0 aliphatic rings. The van der Waals surface area contributed by atoms with E-state index in [1.165, 1.54) is 11.3 Å². The summed E-state index contributed by atoms with van der Waals surface area (Å²) in [6, 6.07) is 3.85. The number of anilines is 2. The molecule has 5 heteroatoms. The second-order valence-corrected chi connectivity index (χ2v) is 5.05. The Morgan fingerprint density at radius 2 is 2.29 bits per heavy atom. The number of benzene rings is 1. The van der Waals surface area contributed by atoms with Crippen LogP contribution < -0.4 is 11.1 Å². The van der Waals surface area contributed by atoms with Gasteiger partial charge in [-0.05, 0) is 31.0 Å². The number of thiazole rings is 1. The summed E-state index contributed by atoms with van der Waals surface area (Å²) in [5.74, 6) is 0.0451. The van der Waals surface area contributed by atoms with Crippen molar-refractivity contribution >= 4 is 38.3 Å². The maximum atomic E-state index is 11.5. The molecule has 3 N–H and O–H groups in total. The summed E-state index contributed by atoms with van der Waals surface area (Å²) in [6.45, 7) is 3.95. The van der Waals surface area contributed by atoms with Gasteiger partial charge in [0.2, 0.25) is 5.91 Å². The minimum absolute atomic E-state index is 0.0451. The lowest BCUT2D eigenvalue weighted by Gasteiger charge is -2.05. The van der Waals surface area contributed by atoms with Gasteiger partial charge in [0.25, 0.3) is 0 Å². The van der Waals surface area contributed by atoms with E-state index in [1.54, 1.807) is 0 Å². The smallest absolute Gasteiger partial charge is 0.224 e. The van der Waals surface area contributed by atoms with Gasteiger partial charge in [0, 0.05) is 12.1 Å². The van der Waals surface area contributed by atoms with Crippen LogP contribution in [0.25, 0.3) is 10.2 Å². The topological polar surface area (TPSA) is 68.0 Å². The van der Waals surface area contributed by atoms with Gasteiger partial charge in [0.1, 0.15) is 0 Å². The maximum Gasteiger partial charge on any atom is 0.224 e. The maximum absolute atomic E-state index is 11.5. The fourth-order valence-corrected chi connectivity index (χ4v) is 2.59. The van der Waals surface area contributed by atoms with E-state index >= 15 is 0 Å².